The molecule has 0 atom stereocenters. The molecule has 0 aromatic carbocycles. The van der Waals surface area contributed by atoms with Crippen LogP contribution in [0.15, 0.2) is 29.3 Å². The van der Waals surface area contributed by atoms with Crippen molar-refractivity contribution in [1.29, 1.82) is 0 Å². The molecule has 6 heteroatoms. The van der Waals surface area contributed by atoms with E-state index in [1.54, 1.807) is 15.4 Å². The second kappa shape index (κ2) is 5.35. The van der Waals surface area contributed by atoms with Crippen molar-refractivity contribution in [2.45, 2.75) is 32.9 Å². The summed E-state index contributed by atoms with van der Waals surface area (Å²) in [6, 6.07) is 3.20. The molecule has 0 aliphatic carbocycles. The Hall–Kier alpha value is -1.62. The van der Waals surface area contributed by atoms with Gasteiger partial charge in [-0.15, -0.1) is 0 Å². The van der Waals surface area contributed by atoms with Crippen LogP contribution >= 0.6 is 11.6 Å². The van der Waals surface area contributed by atoms with Gasteiger partial charge in [0, 0.05) is 30.9 Å². The smallest absolute Gasteiger partial charge is 0.255 e. The van der Waals surface area contributed by atoms with Crippen molar-refractivity contribution in [2.75, 3.05) is 0 Å². The van der Waals surface area contributed by atoms with Crippen molar-refractivity contribution in [1.82, 2.24) is 19.3 Å². The van der Waals surface area contributed by atoms with E-state index in [1.807, 2.05) is 26.1 Å². The van der Waals surface area contributed by atoms with Crippen LogP contribution < -0.4 is 5.56 Å². The molecule has 2 aromatic heterocycles. The standard InChI is InChI=1S/C12H15ClN4O/c1-9(2)12-15-10(13)8-11(18)17(12)7-6-16-5-3-4-14-16/h3-5,8-9H,6-7H2,1-2H3. The summed E-state index contributed by atoms with van der Waals surface area (Å²) in [4.78, 5) is 16.2. The van der Waals surface area contributed by atoms with Gasteiger partial charge in [-0.3, -0.25) is 14.0 Å². The highest BCUT2D eigenvalue weighted by atomic mass is 35.5. The maximum absolute atomic E-state index is 11.9. The third kappa shape index (κ3) is 2.79. The Labute approximate surface area is 110 Å². The van der Waals surface area contributed by atoms with Crippen LogP contribution in [-0.2, 0) is 13.1 Å². The van der Waals surface area contributed by atoms with E-state index in [0.29, 0.717) is 18.9 Å². The minimum Gasteiger partial charge on any atom is -0.294 e. The van der Waals surface area contributed by atoms with Gasteiger partial charge in [-0.05, 0) is 6.07 Å². The van der Waals surface area contributed by atoms with E-state index in [4.69, 9.17) is 11.6 Å². The summed E-state index contributed by atoms with van der Waals surface area (Å²) in [7, 11) is 0. The van der Waals surface area contributed by atoms with Crippen LogP contribution in [0.25, 0.3) is 0 Å². The molecule has 0 bridgehead atoms. The minimum atomic E-state index is -0.120. The van der Waals surface area contributed by atoms with Crippen LogP contribution in [0.1, 0.15) is 25.6 Å². The molecule has 0 radical (unpaired) electrons. The van der Waals surface area contributed by atoms with E-state index in [2.05, 4.69) is 10.1 Å². The predicted octanol–water partition coefficient (Wildman–Crippen LogP) is 1.92. The second-order valence-corrected chi connectivity index (χ2v) is 4.74. The van der Waals surface area contributed by atoms with Gasteiger partial charge in [-0.2, -0.15) is 5.10 Å². The molecule has 2 aromatic rings. The summed E-state index contributed by atoms with van der Waals surface area (Å²) in [5, 5.41) is 4.36. The zero-order valence-electron chi connectivity index (χ0n) is 10.4. The largest absolute Gasteiger partial charge is 0.294 e. The number of hydrogen-bond acceptors (Lipinski definition) is 3. The molecule has 0 aliphatic rings. The first-order valence-electron chi connectivity index (χ1n) is 5.82. The fourth-order valence-corrected chi connectivity index (χ4v) is 1.98. The van der Waals surface area contributed by atoms with Gasteiger partial charge >= 0.3 is 0 Å². The number of nitrogens with zero attached hydrogens (tertiary/aromatic N) is 4. The zero-order valence-corrected chi connectivity index (χ0v) is 11.1. The fourth-order valence-electron chi connectivity index (χ4n) is 1.80. The van der Waals surface area contributed by atoms with Crippen LogP contribution in [0, 0.1) is 0 Å². The highest BCUT2D eigenvalue weighted by molar-refractivity contribution is 6.29. The Morgan fingerprint density at radius 1 is 1.39 bits per heavy atom. The van der Waals surface area contributed by atoms with Crippen molar-refractivity contribution < 1.29 is 0 Å². The highest BCUT2D eigenvalue weighted by Gasteiger charge is 2.11. The van der Waals surface area contributed by atoms with Gasteiger partial charge in [-0.1, -0.05) is 25.4 Å². The molecular weight excluding hydrogens is 252 g/mol. The molecule has 18 heavy (non-hydrogen) atoms. The van der Waals surface area contributed by atoms with E-state index in [1.165, 1.54) is 6.07 Å². The van der Waals surface area contributed by atoms with Crippen LogP contribution in [0.4, 0.5) is 0 Å². The predicted molar refractivity (Wildman–Crippen MR) is 69.8 cm³/mol. The van der Waals surface area contributed by atoms with Crippen molar-refractivity contribution in [3.05, 3.63) is 45.9 Å². The number of aryl methyl sites for hydroxylation is 1. The van der Waals surface area contributed by atoms with Crippen LogP contribution in [0.2, 0.25) is 5.15 Å². The van der Waals surface area contributed by atoms with Gasteiger partial charge < -0.3 is 0 Å². The first-order valence-corrected chi connectivity index (χ1v) is 6.20. The summed E-state index contributed by atoms with van der Waals surface area (Å²) in [6.45, 7) is 5.15. The van der Waals surface area contributed by atoms with E-state index in [0.717, 1.165) is 0 Å². The fraction of sp³-hybridized carbons (Fsp3) is 0.417. The summed E-state index contributed by atoms with van der Waals surface area (Å²) < 4.78 is 3.43. The average molecular weight is 267 g/mol. The van der Waals surface area contributed by atoms with Gasteiger partial charge in [0.25, 0.3) is 5.56 Å². The topological polar surface area (TPSA) is 52.7 Å². The summed E-state index contributed by atoms with van der Waals surface area (Å²) in [6.07, 6.45) is 3.58. The maximum Gasteiger partial charge on any atom is 0.255 e. The molecule has 0 unspecified atom stereocenters. The first-order chi connectivity index (χ1) is 8.58. The molecule has 0 aliphatic heterocycles. The molecule has 0 saturated carbocycles. The van der Waals surface area contributed by atoms with Gasteiger partial charge in [0.15, 0.2) is 0 Å². The normalized spacial score (nSPS) is 11.1. The molecular formula is C12H15ClN4O. The molecule has 5 nitrogen and oxygen atoms in total. The summed E-state index contributed by atoms with van der Waals surface area (Å²) >= 11 is 5.82. The van der Waals surface area contributed by atoms with E-state index in [9.17, 15) is 4.79 Å². The Balaban J connectivity index is 2.28. The molecule has 96 valence electrons. The SMILES string of the molecule is CC(C)c1nc(Cl)cc(=O)n1CCn1cccn1. The molecule has 2 heterocycles. The van der Waals surface area contributed by atoms with Crippen molar-refractivity contribution in [3.8, 4) is 0 Å². The van der Waals surface area contributed by atoms with Gasteiger partial charge in [0.1, 0.15) is 11.0 Å². The quantitative estimate of drug-likeness (QED) is 0.795. The number of hydrogen-bond donors (Lipinski definition) is 0. The lowest BCUT2D eigenvalue weighted by Crippen LogP contribution is -2.27. The highest BCUT2D eigenvalue weighted by Crippen LogP contribution is 2.12. The summed E-state index contributed by atoms with van der Waals surface area (Å²) in [5.41, 5.74) is -0.120. The molecule has 0 fully saturated rings. The monoisotopic (exact) mass is 266 g/mol. The Morgan fingerprint density at radius 2 is 2.17 bits per heavy atom. The molecule has 0 spiro atoms. The van der Waals surface area contributed by atoms with Crippen molar-refractivity contribution in [2.24, 2.45) is 0 Å². The Morgan fingerprint density at radius 3 is 2.78 bits per heavy atom. The van der Waals surface area contributed by atoms with Crippen LogP contribution in [0.5, 0.6) is 0 Å². The number of halogens is 1. The second-order valence-electron chi connectivity index (χ2n) is 4.35. The number of rotatable bonds is 4. The van der Waals surface area contributed by atoms with Gasteiger partial charge in [0.2, 0.25) is 0 Å². The van der Waals surface area contributed by atoms with E-state index >= 15 is 0 Å². The van der Waals surface area contributed by atoms with Gasteiger partial charge in [-0.25, -0.2) is 4.98 Å². The lowest BCUT2D eigenvalue weighted by atomic mass is 10.2. The van der Waals surface area contributed by atoms with Crippen LogP contribution in [0.3, 0.4) is 0 Å². The molecule has 2 rings (SSSR count). The summed E-state index contributed by atoms with van der Waals surface area (Å²) in [5.74, 6) is 0.855. The lowest BCUT2D eigenvalue weighted by molar-refractivity contribution is 0.493. The molecule has 0 N–H and O–H groups in total. The van der Waals surface area contributed by atoms with E-state index in [-0.39, 0.29) is 16.6 Å². The maximum atomic E-state index is 11.9. The van der Waals surface area contributed by atoms with Crippen LogP contribution in [-0.4, -0.2) is 19.3 Å². The Bertz CT molecular complexity index is 574. The average Bonchev–Trinajstić information content (AvgIpc) is 2.79. The lowest BCUT2D eigenvalue weighted by Gasteiger charge is -2.14. The Kier molecular flexibility index (Phi) is 3.81. The van der Waals surface area contributed by atoms with Gasteiger partial charge in [0.05, 0.1) is 6.54 Å². The third-order valence-electron chi connectivity index (χ3n) is 2.63. The molecule has 0 saturated heterocycles. The van der Waals surface area contributed by atoms with Crippen molar-refractivity contribution >= 4 is 11.6 Å². The number of aromatic nitrogens is 4. The zero-order chi connectivity index (χ0) is 13.1. The van der Waals surface area contributed by atoms with E-state index < -0.39 is 0 Å². The first kappa shape index (κ1) is 12.8. The minimum absolute atomic E-state index is 0.120. The molecule has 0 amide bonds. The van der Waals surface area contributed by atoms with Crippen molar-refractivity contribution in [3.63, 3.8) is 0 Å². The third-order valence-corrected chi connectivity index (χ3v) is 2.83.